The lowest BCUT2D eigenvalue weighted by Gasteiger charge is -2.25. The van der Waals surface area contributed by atoms with Crippen LogP contribution in [0.3, 0.4) is 0 Å². The van der Waals surface area contributed by atoms with Crippen molar-refractivity contribution in [2.75, 3.05) is 58.2 Å². The van der Waals surface area contributed by atoms with E-state index in [0.29, 0.717) is 11.6 Å². The fourth-order valence-corrected chi connectivity index (χ4v) is 2.86. The summed E-state index contributed by atoms with van der Waals surface area (Å²) in [5.74, 6) is 11.3. The van der Waals surface area contributed by atoms with Gasteiger partial charge in [0.15, 0.2) is 11.5 Å². The number of hydrogen-bond acceptors (Lipinski definition) is 10. The van der Waals surface area contributed by atoms with Gasteiger partial charge in [-0.3, -0.25) is 10.9 Å². The molecule has 1 saturated heterocycles. The van der Waals surface area contributed by atoms with Crippen molar-refractivity contribution in [1.29, 1.82) is 0 Å². The third-order valence-electron chi connectivity index (χ3n) is 3.88. The van der Waals surface area contributed by atoms with Gasteiger partial charge < -0.3 is 25.5 Å². The number of aromatic nitrogens is 2. The van der Waals surface area contributed by atoms with Gasteiger partial charge in [0.25, 0.3) is 0 Å². The van der Waals surface area contributed by atoms with Crippen LogP contribution in [0.25, 0.3) is 0 Å². The summed E-state index contributed by atoms with van der Waals surface area (Å²) >= 11 is 5.80. The van der Waals surface area contributed by atoms with Crippen molar-refractivity contribution in [3.05, 3.63) is 5.28 Å². The van der Waals surface area contributed by atoms with E-state index in [4.69, 9.17) is 38.5 Å². The van der Waals surface area contributed by atoms with Gasteiger partial charge in [0, 0.05) is 34.2 Å². The second kappa shape index (κ2) is 17.3. The number of halogens is 1. The molecule has 0 aromatic carbocycles. The average Bonchev–Trinajstić information content (AvgIpc) is 2.71. The third kappa shape index (κ3) is 13.0. The van der Waals surface area contributed by atoms with Crippen molar-refractivity contribution in [2.45, 2.75) is 52.1 Å². The Morgan fingerprint density at radius 3 is 1.97 bits per heavy atom. The maximum Gasteiger partial charge on any atom is 0.245 e. The fraction of sp³-hybridized carbons (Fsp3) is 0.789. The van der Waals surface area contributed by atoms with Gasteiger partial charge in [0.05, 0.1) is 13.2 Å². The van der Waals surface area contributed by atoms with Crippen molar-refractivity contribution >= 4 is 23.1 Å². The molecular weight excluding hydrogens is 408 g/mol. The summed E-state index contributed by atoms with van der Waals surface area (Å²) in [6.45, 7) is 7.83. The van der Waals surface area contributed by atoms with Crippen molar-refractivity contribution in [2.24, 2.45) is 11.7 Å². The highest BCUT2D eigenvalue weighted by atomic mass is 35.5. The van der Waals surface area contributed by atoms with Gasteiger partial charge in [-0.1, -0.05) is 20.3 Å². The molecule has 0 unspecified atom stereocenters. The zero-order chi connectivity index (χ0) is 22.9. The molecule has 2 heterocycles. The van der Waals surface area contributed by atoms with Gasteiger partial charge in [-0.25, -0.2) is 5.84 Å². The molecule has 176 valence electrons. The number of hydrazine groups is 2. The van der Waals surface area contributed by atoms with Gasteiger partial charge >= 0.3 is 0 Å². The molecule has 7 N–H and O–H groups in total. The van der Waals surface area contributed by atoms with Crippen LogP contribution in [0.2, 0.25) is 5.28 Å². The predicted octanol–water partition coefficient (Wildman–Crippen LogP) is 1.79. The van der Waals surface area contributed by atoms with E-state index in [-0.39, 0.29) is 17.2 Å². The number of nitrogens with two attached hydrogens (primary N) is 3. The van der Waals surface area contributed by atoms with E-state index < -0.39 is 0 Å². The number of anilines is 2. The number of hydrogen-bond donors (Lipinski definition) is 4. The minimum absolute atomic E-state index is 0.0731. The average molecular weight is 449 g/mol. The van der Waals surface area contributed by atoms with E-state index in [1.165, 1.54) is 29.3 Å². The Bertz CT molecular complexity index is 539. The molecule has 2 fully saturated rings. The second-order valence-corrected chi connectivity index (χ2v) is 7.18. The van der Waals surface area contributed by atoms with Gasteiger partial charge in [-0.2, -0.15) is 9.97 Å². The van der Waals surface area contributed by atoms with Crippen molar-refractivity contribution < 1.29 is 9.47 Å². The number of rotatable bonds is 3. The van der Waals surface area contributed by atoms with Gasteiger partial charge in [-0.15, -0.1) is 0 Å². The van der Waals surface area contributed by atoms with Crippen LogP contribution in [-0.4, -0.2) is 68.5 Å². The molecule has 1 saturated carbocycles. The normalized spacial score (nSPS) is 16.2. The molecule has 1 aromatic rings. The lowest BCUT2D eigenvalue weighted by molar-refractivity contribution is 0.109. The Labute approximate surface area is 186 Å². The maximum absolute atomic E-state index is 5.87. The van der Waals surface area contributed by atoms with Crippen LogP contribution in [-0.2, 0) is 4.74 Å². The standard InChI is InChI=1S/C11H18ClN5O.C4H9NO.C2H8N2.C2H6/c1-17(14)8-9(13)15-11(12)16-10(8)18-7-5-3-2-4-6-7;1-3-6-4-2-5-1;1-4(2)3;1-2/h7H,2-6,14H2,1H3,(H2,13,15,16);5H,1-4H2;3H2,1-2H3;1-2H3. The van der Waals surface area contributed by atoms with E-state index in [1.54, 1.807) is 21.1 Å². The predicted molar refractivity (Wildman–Crippen MR) is 124 cm³/mol. The van der Waals surface area contributed by atoms with Crippen LogP contribution < -0.4 is 32.5 Å². The molecular formula is C19H41ClN8O2. The van der Waals surface area contributed by atoms with E-state index in [0.717, 1.165) is 39.1 Å². The summed E-state index contributed by atoms with van der Waals surface area (Å²) in [6.07, 6.45) is 5.81. The van der Waals surface area contributed by atoms with Gasteiger partial charge in [0.2, 0.25) is 11.2 Å². The van der Waals surface area contributed by atoms with E-state index in [1.807, 2.05) is 13.8 Å². The number of nitrogen functional groups attached to an aromatic ring is 1. The Morgan fingerprint density at radius 1 is 1.03 bits per heavy atom. The minimum Gasteiger partial charge on any atom is -0.473 e. The Balaban J connectivity index is 0.000000575. The molecule has 0 spiro atoms. The smallest absolute Gasteiger partial charge is 0.245 e. The largest absolute Gasteiger partial charge is 0.473 e. The third-order valence-corrected chi connectivity index (χ3v) is 4.05. The quantitative estimate of drug-likeness (QED) is 0.307. The summed E-state index contributed by atoms with van der Waals surface area (Å²) in [5.41, 5.74) is 6.27. The number of morpholine rings is 1. The topological polar surface area (TPSA) is 141 Å². The van der Waals surface area contributed by atoms with Gasteiger partial charge in [0.1, 0.15) is 6.10 Å². The van der Waals surface area contributed by atoms with Crippen LogP contribution in [0.15, 0.2) is 0 Å². The molecule has 3 rings (SSSR count). The van der Waals surface area contributed by atoms with Crippen LogP contribution in [0, 0.1) is 0 Å². The molecule has 10 nitrogen and oxygen atoms in total. The molecule has 1 aliphatic carbocycles. The Kier molecular flexibility index (Phi) is 16.4. The monoisotopic (exact) mass is 448 g/mol. The molecule has 1 aliphatic heterocycles. The highest BCUT2D eigenvalue weighted by Gasteiger charge is 2.21. The Morgan fingerprint density at radius 2 is 1.57 bits per heavy atom. The van der Waals surface area contributed by atoms with E-state index in [2.05, 4.69) is 15.3 Å². The summed E-state index contributed by atoms with van der Waals surface area (Å²) in [7, 11) is 5.22. The molecule has 2 aliphatic rings. The lowest BCUT2D eigenvalue weighted by atomic mass is 9.98. The minimum atomic E-state index is 0.0731. The fourth-order valence-electron chi connectivity index (χ4n) is 2.69. The number of ether oxygens (including phenoxy) is 2. The molecule has 0 radical (unpaired) electrons. The zero-order valence-corrected chi connectivity index (χ0v) is 19.9. The highest BCUT2D eigenvalue weighted by molar-refractivity contribution is 6.28. The van der Waals surface area contributed by atoms with E-state index >= 15 is 0 Å². The first kappa shape index (κ1) is 28.6. The van der Waals surface area contributed by atoms with Crippen LogP contribution in [0.4, 0.5) is 11.5 Å². The summed E-state index contributed by atoms with van der Waals surface area (Å²) in [5, 5.41) is 6.08. The SMILES string of the molecule is C1COCCN1.CC.CN(C)N.CN(N)c1c(N)nc(Cl)nc1OC1CCCCC1. The first-order chi connectivity index (χ1) is 14.3. The van der Waals surface area contributed by atoms with Crippen molar-refractivity contribution in [3.63, 3.8) is 0 Å². The second-order valence-electron chi connectivity index (χ2n) is 6.85. The Hall–Kier alpha value is -1.43. The molecule has 0 amide bonds. The zero-order valence-electron chi connectivity index (χ0n) is 19.2. The molecule has 11 heteroatoms. The number of nitrogens with one attached hydrogen (secondary N) is 1. The number of nitrogens with zero attached hydrogens (tertiary/aromatic N) is 4. The summed E-state index contributed by atoms with van der Waals surface area (Å²) < 4.78 is 10.9. The van der Waals surface area contributed by atoms with E-state index in [9.17, 15) is 0 Å². The van der Waals surface area contributed by atoms with Crippen LogP contribution in [0.5, 0.6) is 5.88 Å². The maximum atomic E-state index is 5.87. The molecule has 30 heavy (non-hydrogen) atoms. The molecule has 0 bridgehead atoms. The van der Waals surface area contributed by atoms with Crippen LogP contribution >= 0.6 is 11.6 Å². The van der Waals surface area contributed by atoms with Crippen LogP contribution in [0.1, 0.15) is 46.0 Å². The molecule has 0 atom stereocenters. The van der Waals surface area contributed by atoms with Gasteiger partial charge in [-0.05, 0) is 37.3 Å². The summed E-state index contributed by atoms with van der Waals surface area (Å²) in [4.78, 5) is 7.96. The first-order valence-corrected chi connectivity index (χ1v) is 10.9. The molecule has 1 aromatic heterocycles. The first-order valence-electron chi connectivity index (χ1n) is 10.5. The summed E-state index contributed by atoms with van der Waals surface area (Å²) in [6, 6.07) is 0. The highest BCUT2D eigenvalue weighted by Crippen LogP contribution is 2.33. The lowest BCUT2D eigenvalue weighted by Crippen LogP contribution is -2.30. The van der Waals surface area contributed by atoms with Crippen molar-refractivity contribution in [3.8, 4) is 5.88 Å². The van der Waals surface area contributed by atoms with Crippen molar-refractivity contribution in [1.82, 2.24) is 20.3 Å².